The molecule has 0 saturated carbocycles. The van der Waals surface area contributed by atoms with Gasteiger partial charge >= 0.3 is 6.61 Å². The Morgan fingerprint density at radius 1 is 1.17 bits per heavy atom. The average Bonchev–Trinajstić information content (AvgIpc) is 2.91. The van der Waals surface area contributed by atoms with Crippen LogP contribution in [-0.2, 0) is 0 Å². The Labute approximate surface area is 130 Å². The summed E-state index contributed by atoms with van der Waals surface area (Å²) in [5.41, 5.74) is 0.824. The number of nitrogens with zero attached hydrogens (tertiary/aromatic N) is 3. The van der Waals surface area contributed by atoms with Crippen LogP contribution in [0.15, 0.2) is 30.5 Å². The van der Waals surface area contributed by atoms with E-state index in [0.717, 1.165) is 10.9 Å². The van der Waals surface area contributed by atoms with Gasteiger partial charge in [-0.25, -0.2) is 9.97 Å². The Hall–Kier alpha value is -2.77. The van der Waals surface area contributed by atoms with Crippen molar-refractivity contribution in [3.05, 3.63) is 36.3 Å². The van der Waals surface area contributed by atoms with Gasteiger partial charge in [0, 0.05) is 11.3 Å². The predicted molar refractivity (Wildman–Crippen MR) is 82.1 cm³/mol. The van der Waals surface area contributed by atoms with Crippen LogP contribution in [0.4, 0.5) is 20.4 Å². The Morgan fingerprint density at radius 2 is 1.96 bits per heavy atom. The molecule has 2 aromatic heterocycles. The molecule has 0 radical (unpaired) electrons. The van der Waals surface area contributed by atoms with E-state index in [1.54, 1.807) is 0 Å². The Bertz CT molecular complexity index is 818. The second-order valence-corrected chi connectivity index (χ2v) is 5.22. The molecule has 0 aliphatic rings. The molecule has 1 aromatic carbocycles. The number of halogens is 2. The van der Waals surface area contributed by atoms with Crippen molar-refractivity contribution in [1.29, 1.82) is 0 Å². The van der Waals surface area contributed by atoms with Gasteiger partial charge in [-0.05, 0) is 12.1 Å². The summed E-state index contributed by atoms with van der Waals surface area (Å²) in [5.74, 6) is 1.08. The van der Waals surface area contributed by atoms with E-state index in [9.17, 15) is 8.78 Å². The van der Waals surface area contributed by atoms with E-state index in [1.807, 2.05) is 38.1 Å². The van der Waals surface area contributed by atoms with Crippen molar-refractivity contribution in [2.45, 2.75) is 26.4 Å². The first kappa shape index (κ1) is 15.1. The van der Waals surface area contributed by atoms with E-state index in [4.69, 9.17) is 0 Å². The van der Waals surface area contributed by atoms with Crippen LogP contribution >= 0.6 is 0 Å². The normalized spacial score (nSPS) is 11.4. The molecule has 2 N–H and O–H groups in total. The summed E-state index contributed by atoms with van der Waals surface area (Å²) >= 11 is 0. The molecule has 0 bridgehead atoms. The zero-order valence-corrected chi connectivity index (χ0v) is 12.5. The maximum absolute atomic E-state index is 12.6. The second kappa shape index (κ2) is 6.15. The molecule has 8 heteroatoms. The maximum Gasteiger partial charge on any atom is 0.387 e. The SMILES string of the molecule is CC(C)c1ncc(OC(F)F)c(Nc2n[nH]c3ccccc23)n1. The first-order valence-corrected chi connectivity index (χ1v) is 7.06. The molecule has 23 heavy (non-hydrogen) atoms. The standard InChI is InChI=1S/C15H15F2N5O/c1-8(2)12-18-7-11(23-15(16)17)14(19-12)20-13-9-5-3-4-6-10(9)21-22-13/h3-8,15H,1-2H3,(H2,18,19,20,21,22). The van der Waals surface area contributed by atoms with Crippen LogP contribution in [0.5, 0.6) is 5.75 Å². The molecule has 6 nitrogen and oxygen atoms in total. The Kier molecular flexibility index (Phi) is 4.05. The van der Waals surface area contributed by atoms with Crippen LogP contribution in [0, 0.1) is 0 Å². The number of benzene rings is 1. The first-order valence-electron chi connectivity index (χ1n) is 7.06. The molecule has 0 aliphatic heterocycles. The van der Waals surface area contributed by atoms with Crippen molar-refractivity contribution in [3.8, 4) is 5.75 Å². The number of nitrogens with one attached hydrogen (secondary N) is 2. The summed E-state index contributed by atoms with van der Waals surface area (Å²) in [5, 5.41) is 10.8. The summed E-state index contributed by atoms with van der Waals surface area (Å²) < 4.78 is 29.6. The van der Waals surface area contributed by atoms with Crippen LogP contribution in [0.2, 0.25) is 0 Å². The van der Waals surface area contributed by atoms with Gasteiger partial charge in [-0.1, -0.05) is 26.0 Å². The molecule has 0 atom stereocenters. The van der Waals surface area contributed by atoms with E-state index in [1.165, 1.54) is 6.20 Å². The summed E-state index contributed by atoms with van der Waals surface area (Å²) in [6, 6.07) is 7.46. The predicted octanol–water partition coefficient (Wildman–Crippen LogP) is 3.82. The van der Waals surface area contributed by atoms with Gasteiger partial charge in [0.1, 0.15) is 5.82 Å². The van der Waals surface area contributed by atoms with Crippen molar-refractivity contribution < 1.29 is 13.5 Å². The van der Waals surface area contributed by atoms with Crippen LogP contribution in [0.1, 0.15) is 25.6 Å². The van der Waals surface area contributed by atoms with Crippen molar-refractivity contribution in [2.75, 3.05) is 5.32 Å². The van der Waals surface area contributed by atoms with Crippen LogP contribution in [0.3, 0.4) is 0 Å². The molecule has 120 valence electrons. The highest BCUT2D eigenvalue weighted by atomic mass is 19.3. The largest absolute Gasteiger partial charge is 0.429 e. The van der Waals surface area contributed by atoms with Gasteiger partial charge in [-0.15, -0.1) is 0 Å². The number of aromatic nitrogens is 4. The molecule has 0 unspecified atom stereocenters. The summed E-state index contributed by atoms with van der Waals surface area (Å²) in [6.45, 7) is 0.868. The first-order chi connectivity index (χ1) is 11.0. The molecule has 0 saturated heterocycles. The van der Waals surface area contributed by atoms with Crippen molar-refractivity contribution in [1.82, 2.24) is 20.2 Å². The Morgan fingerprint density at radius 3 is 2.70 bits per heavy atom. The summed E-state index contributed by atoms with van der Waals surface area (Å²) in [4.78, 5) is 8.32. The molecule has 0 amide bonds. The van der Waals surface area contributed by atoms with Gasteiger partial charge in [-0.2, -0.15) is 13.9 Å². The number of rotatable bonds is 5. The molecular weight excluding hydrogens is 304 g/mol. The average molecular weight is 319 g/mol. The van der Waals surface area contributed by atoms with E-state index < -0.39 is 6.61 Å². The van der Waals surface area contributed by atoms with Gasteiger partial charge in [-0.3, -0.25) is 5.10 Å². The number of ether oxygens (including phenoxy) is 1. The quantitative estimate of drug-likeness (QED) is 0.747. The molecule has 2 heterocycles. The van der Waals surface area contributed by atoms with Gasteiger partial charge in [0.25, 0.3) is 0 Å². The van der Waals surface area contributed by atoms with Crippen molar-refractivity contribution in [2.24, 2.45) is 0 Å². The van der Waals surface area contributed by atoms with E-state index in [-0.39, 0.29) is 17.5 Å². The van der Waals surface area contributed by atoms with Gasteiger partial charge < -0.3 is 10.1 Å². The number of H-pyrrole nitrogens is 1. The molecular formula is C15H15F2N5O. The minimum Gasteiger partial charge on any atom is -0.429 e. The highest BCUT2D eigenvalue weighted by Gasteiger charge is 2.16. The van der Waals surface area contributed by atoms with E-state index in [0.29, 0.717) is 11.6 Å². The lowest BCUT2D eigenvalue weighted by molar-refractivity contribution is -0.0498. The maximum atomic E-state index is 12.6. The summed E-state index contributed by atoms with van der Waals surface area (Å²) in [7, 11) is 0. The third kappa shape index (κ3) is 3.20. The lowest BCUT2D eigenvalue weighted by Gasteiger charge is -2.12. The minimum atomic E-state index is -2.96. The zero-order valence-electron chi connectivity index (χ0n) is 12.5. The molecule has 0 aliphatic carbocycles. The second-order valence-electron chi connectivity index (χ2n) is 5.22. The smallest absolute Gasteiger partial charge is 0.387 e. The zero-order chi connectivity index (χ0) is 16.4. The number of para-hydroxylation sites is 1. The van der Waals surface area contributed by atoms with E-state index in [2.05, 4.69) is 30.2 Å². The number of alkyl halides is 2. The van der Waals surface area contributed by atoms with Gasteiger partial charge in [0.2, 0.25) is 0 Å². The number of aromatic amines is 1. The highest BCUT2D eigenvalue weighted by molar-refractivity contribution is 5.91. The van der Waals surface area contributed by atoms with Gasteiger partial charge in [0.15, 0.2) is 17.4 Å². The topological polar surface area (TPSA) is 75.7 Å². The fourth-order valence-electron chi connectivity index (χ4n) is 2.11. The van der Waals surface area contributed by atoms with E-state index >= 15 is 0 Å². The number of hydrogen-bond acceptors (Lipinski definition) is 5. The van der Waals surface area contributed by atoms with Crippen LogP contribution < -0.4 is 10.1 Å². The Balaban J connectivity index is 2.01. The summed E-state index contributed by atoms with van der Waals surface area (Å²) in [6.07, 6.45) is 1.24. The van der Waals surface area contributed by atoms with Crippen LogP contribution in [0.25, 0.3) is 10.9 Å². The molecule has 3 aromatic rings. The third-order valence-electron chi connectivity index (χ3n) is 3.21. The number of hydrogen-bond donors (Lipinski definition) is 2. The highest BCUT2D eigenvalue weighted by Crippen LogP contribution is 2.30. The minimum absolute atomic E-state index is 0.0482. The van der Waals surface area contributed by atoms with Crippen molar-refractivity contribution >= 4 is 22.5 Å². The van der Waals surface area contributed by atoms with Crippen molar-refractivity contribution in [3.63, 3.8) is 0 Å². The number of anilines is 2. The van der Waals surface area contributed by atoms with Crippen LogP contribution in [-0.4, -0.2) is 26.8 Å². The third-order valence-corrected chi connectivity index (χ3v) is 3.21. The monoisotopic (exact) mass is 319 g/mol. The molecule has 0 fully saturated rings. The lowest BCUT2D eigenvalue weighted by Crippen LogP contribution is -2.09. The lowest BCUT2D eigenvalue weighted by atomic mass is 10.2. The molecule has 3 rings (SSSR count). The fourth-order valence-corrected chi connectivity index (χ4v) is 2.11. The molecule has 0 spiro atoms. The van der Waals surface area contributed by atoms with Gasteiger partial charge in [0.05, 0.1) is 11.7 Å². The number of fused-ring (bicyclic) bond motifs is 1. The fraction of sp³-hybridized carbons (Fsp3) is 0.267.